The number of rotatable bonds is 3. The zero-order valence-electron chi connectivity index (χ0n) is 9.76. The molecule has 0 fully saturated rings. The van der Waals surface area contributed by atoms with Crippen molar-refractivity contribution in [1.82, 2.24) is 5.32 Å². The number of carbonyl (C=O) groups excluding carboxylic acids is 1. The lowest BCUT2D eigenvalue weighted by atomic mass is 10.0. The monoisotopic (exact) mass is 202 g/mol. The highest BCUT2D eigenvalue weighted by atomic mass is 16.6. The third kappa shape index (κ3) is 5.80. The maximum atomic E-state index is 11.3. The van der Waals surface area contributed by atoms with Crippen LogP contribution in [-0.4, -0.2) is 24.3 Å². The molecule has 3 N–H and O–H groups in total. The Morgan fingerprint density at radius 1 is 1.43 bits per heavy atom. The first kappa shape index (κ1) is 13.2. The van der Waals surface area contributed by atoms with Crippen LogP contribution in [0, 0.1) is 5.92 Å². The van der Waals surface area contributed by atoms with Gasteiger partial charge < -0.3 is 15.8 Å². The van der Waals surface area contributed by atoms with Crippen molar-refractivity contribution in [2.24, 2.45) is 11.7 Å². The summed E-state index contributed by atoms with van der Waals surface area (Å²) in [6, 6.07) is 0.0369. The molecule has 0 aromatic carbocycles. The van der Waals surface area contributed by atoms with E-state index in [2.05, 4.69) is 5.32 Å². The Labute approximate surface area is 86.2 Å². The van der Waals surface area contributed by atoms with E-state index in [4.69, 9.17) is 10.5 Å². The summed E-state index contributed by atoms with van der Waals surface area (Å²) < 4.78 is 5.11. The number of ether oxygens (including phenoxy) is 1. The maximum Gasteiger partial charge on any atom is 0.407 e. The topological polar surface area (TPSA) is 64.3 Å². The standard InChI is InChI=1S/C10H22N2O2/c1-7(6-11)8(2)12-9(13)14-10(3,4)5/h7-8H,6,11H2,1-5H3,(H,12,13)/t7-,8+/m1/s1. The molecule has 4 nitrogen and oxygen atoms in total. The van der Waals surface area contributed by atoms with Crippen LogP contribution in [0.3, 0.4) is 0 Å². The molecular weight excluding hydrogens is 180 g/mol. The summed E-state index contributed by atoms with van der Waals surface area (Å²) in [6.45, 7) is 9.97. The average Bonchev–Trinajstić information content (AvgIpc) is 1.99. The Morgan fingerprint density at radius 3 is 2.29 bits per heavy atom. The Hall–Kier alpha value is -0.770. The molecule has 1 amide bonds. The van der Waals surface area contributed by atoms with Gasteiger partial charge in [-0.1, -0.05) is 6.92 Å². The van der Waals surface area contributed by atoms with E-state index in [9.17, 15) is 4.79 Å². The van der Waals surface area contributed by atoms with Gasteiger partial charge in [-0.05, 0) is 40.2 Å². The number of alkyl carbamates (subject to hydrolysis) is 1. The van der Waals surface area contributed by atoms with Crippen LogP contribution in [0.5, 0.6) is 0 Å². The van der Waals surface area contributed by atoms with Gasteiger partial charge in [-0.25, -0.2) is 4.79 Å². The first-order chi connectivity index (χ1) is 6.26. The van der Waals surface area contributed by atoms with Crippen molar-refractivity contribution in [1.29, 1.82) is 0 Å². The quantitative estimate of drug-likeness (QED) is 0.729. The Kier molecular flexibility index (Phi) is 4.91. The summed E-state index contributed by atoms with van der Waals surface area (Å²) in [5.41, 5.74) is 5.04. The first-order valence-electron chi connectivity index (χ1n) is 4.96. The fourth-order valence-corrected chi connectivity index (χ4v) is 0.840. The summed E-state index contributed by atoms with van der Waals surface area (Å²) in [7, 11) is 0. The van der Waals surface area contributed by atoms with Gasteiger partial charge in [-0.3, -0.25) is 0 Å². The number of nitrogens with two attached hydrogens (primary N) is 1. The van der Waals surface area contributed by atoms with Crippen LogP contribution in [0.2, 0.25) is 0 Å². The van der Waals surface area contributed by atoms with Gasteiger partial charge in [0.1, 0.15) is 5.60 Å². The van der Waals surface area contributed by atoms with E-state index in [0.717, 1.165) is 0 Å². The summed E-state index contributed by atoms with van der Waals surface area (Å²) >= 11 is 0. The van der Waals surface area contributed by atoms with Gasteiger partial charge in [0.2, 0.25) is 0 Å². The second-order valence-corrected chi connectivity index (χ2v) is 4.65. The zero-order chi connectivity index (χ0) is 11.4. The lowest BCUT2D eigenvalue weighted by Crippen LogP contribution is -2.42. The number of hydrogen-bond acceptors (Lipinski definition) is 3. The molecule has 0 spiro atoms. The number of amides is 1. The second kappa shape index (κ2) is 5.20. The van der Waals surface area contributed by atoms with Crippen molar-refractivity contribution in [3.63, 3.8) is 0 Å². The fourth-order valence-electron chi connectivity index (χ4n) is 0.840. The summed E-state index contributed by atoms with van der Waals surface area (Å²) in [6.07, 6.45) is -0.384. The van der Waals surface area contributed by atoms with Gasteiger partial charge >= 0.3 is 6.09 Å². The molecule has 0 rings (SSSR count). The van der Waals surface area contributed by atoms with Crippen molar-refractivity contribution in [2.45, 2.75) is 46.3 Å². The predicted octanol–water partition coefficient (Wildman–Crippen LogP) is 1.49. The Morgan fingerprint density at radius 2 is 1.93 bits per heavy atom. The van der Waals surface area contributed by atoms with E-state index < -0.39 is 5.60 Å². The van der Waals surface area contributed by atoms with E-state index in [0.29, 0.717) is 6.54 Å². The molecule has 14 heavy (non-hydrogen) atoms. The molecule has 84 valence electrons. The van der Waals surface area contributed by atoms with Crippen LogP contribution < -0.4 is 11.1 Å². The lowest BCUT2D eigenvalue weighted by molar-refractivity contribution is 0.0495. The molecule has 0 aliphatic carbocycles. The van der Waals surface area contributed by atoms with E-state index in [1.807, 2.05) is 34.6 Å². The normalized spacial score (nSPS) is 15.9. The highest BCUT2D eigenvalue weighted by molar-refractivity contribution is 5.68. The smallest absolute Gasteiger partial charge is 0.407 e. The van der Waals surface area contributed by atoms with E-state index in [1.54, 1.807) is 0 Å². The maximum absolute atomic E-state index is 11.3. The van der Waals surface area contributed by atoms with Gasteiger partial charge in [0.15, 0.2) is 0 Å². The summed E-state index contributed by atoms with van der Waals surface area (Å²) in [5, 5.41) is 2.75. The second-order valence-electron chi connectivity index (χ2n) is 4.65. The third-order valence-corrected chi connectivity index (χ3v) is 1.97. The molecule has 0 heterocycles. The predicted molar refractivity (Wildman–Crippen MR) is 57.1 cm³/mol. The van der Waals surface area contributed by atoms with Crippen LogP contribution in [0.25, 0.3) is 0 Å². The van der Waals surface area contributed by atoms with Gasteiger partial charge in [0, 0.05) is 6.04 Å². The molecule has 0 aromatic rings. The number of carbonyl (C=O) groups is 1. The van der Waals surface area contributed by atoms with Gasteiger partial charge in [0.05, 0.1) is 0 Å². The van der Waals surface area contributed by atoms with Crippen LogP contribution >= 0.6 is 0 Å². The molecule has 0 aliphatic heterocycles. The van der Waals surface area contributed by atoms with Crippen molar-refractivity contribution in [3.05, 3.63) is 0 Å². The molecule has 0 saturated carbocycles. The largest absolute Gasteiger partial charge is 0.444 e. The SMILES string of the molecule is C[C@H](CN)[C@H](C)NC(=O)OC(C)(C)C. The molecule has 0 unspecified atom stereocenters. The molecule has 4 heteroatoms. The van der Waals surface area contributed by atoms with Crippen molar-refractivity contribution >= 4 is 6.09 Å². The molecule has 0 saturated heterocycles. The van der Waals surface area contributed by atoms with Crippen LogP contribution in [0.15, 0.2) is 0 Å². The molecular formula is C10H22N2O2. The highest BCUT2D eigenvalue weighted by Gasteiger charge is 2.19. The molecule has 0 aromatic heterocycles. The van der Waals surface area contributed by atoms with Crippen LogP contribution in [0.4, 0.5) is 4.79 Å². The molecule has 0 bridgehead atoms. The van der Waals surface area contributed by atoms with Gasteiger partial charge in [0.25, 0.3) is 0 Å². The lowest BCUT2D eigenvalue weighted by Gasteiger charge is -2.24. The molecule has 0 aliphatic rings. The van der Waals surface area contributed by atoms with Crippen molar-refractivity contribution < 1.29 is 9.53 Å². The van der Waals surface area contributed by atoms with Crippen molar-refractivity contribution in [2.75, 3.05) is 6.54 Å². The zero-order valence-corrected chi connectivity index (χ0v) is 9.76. The molecule has 2 atom stereocenters. The Balaban J connectivity index is 3.95. The van der Waals surface area contributed by atoms with Gasteiger partial charge in [-0.15, -0.1) is 0 Å². The van der Waals surface area contributed by atoms with Gasteiger partial charge in [-0.2, -0.15) is 0 Å². The number of hydrogen-bond donors (Lipinski definition) is 2. The van der Waals surface area contributed by atoms with Crippen LogP contribution in [-0.2, 0) is 4.74 Å². The Bertz CT molecular complexity index is 187. The minimum Gasteiger partial charge on any atom is -0.444 e. The summed E-state index contributed by atoms with van der Waals surface area (Å²) in [5.74, 6) is 0.252. The highest BCUT2D eigenvalue weighted by Crippen LogP contribution is 2.08. The minimum absolute atomic E-state index is 0.0369. The third-order valence-electron chi connectivity index (χ3n) is 1.97. The number of nitrogens with one attached hydrogen (secondary N) is 1. The first-order valence-corrected chi connectivity index (χ1v) is 4.96. The molecule has 0 radical (unpaired) electrons. The van der Waals surface area contributed by atoms with E-state index in [-0.39, 0.29) is 18.1 Å². The van der Waals surface area contributed by atoms with Crippen LogP contribution in [0.1, 0.15) is 34.6 Å². The minimum atomic E-state index is -0.449. The summed E-state index contributed by atoms with van der Waals surface area (Å²) in [4.78, 5) is 11.3. The average molecular weight is 202 g/mol. The fraction of sp³-hybridized carbons (Fsp3) is 0.900. The van der Waals surface area contributed by atoms with E-state index >= 15 is 0 Å². The van der Waals surface area contributed by atoms with E-state index in [1.165, 1.54) is 0 Å². The van der Waals surface area contributed by atoms with Crippen molar-refractivity contribution in [3.8, 4) is 0 Å².